The zero-order valence-electron chi connectivity index (χ0n) is 13.5. The van der Waals surface area contributed by atoms with Crippen LogP contribution in [0.3, 0.4) is 0 Å². The highest BCUT2D eigenvalue weighted by Gasteiger charge is 2.30. The number of halogens is 1. The lowest BCUT2D eigenvalue weighted by Crippen LogP contribution is -2.52. The van der Waals surface area contributed by atoms with Crippen molar-refractivity contribution < 1.29 is 4.79 Å². The number of pyridine rings is 1. The normalized spacial score (nSPS) is 18.6. The Kier molecular flexibility index (Phi) is 4.25. The predicted octanol–water partition coefficient (Wildman–Crippen LogP) is 2.66. The number of rotatable bonds is 2. The lowest BCUT2D eigenvalue weighted by Gasteiger charge is -2.38. The molecular weight excluding hydrogens is 322 g/mol. The van der Waals surface area contributed by atoms with Gasteiger partial charge in [0.1, 0.15) is 0 Å². The number of benzene rings is 1. The quantitative estimate of drug-likeness (QED) is 0.842. The minimum atomic E-state index is 0.0109. The summed E-state index contributed by atoms with van der Waals surface area (Å²) in [5.74, 6) is 0.0109. The Morgan fingerprint density at radius 2 is 1.71 bits per heavy atom. The minimum absolute atomic E-state index is 0.0109. The van der Waals surface area contributed by atoms with Crippen LogP contribution in [0.4, 0.5) is 0 Å². The van der Waals surface area contributed by atoms with Crippen molar-refractivity contribution in [3.63, 3.8) is 0 Å². The number of piperazine rings is 1. The van der Waals surface area contributed by atoms with Crippen LogP contribution in [-0.4, -0.2) is 52.9 Å². The molecule has 2 aromatic rings. The molecule has 0 bridgehead atoms. The third-order valence-corrected chi connectivity index (χ3v) is 5.45. The maximum absolute atomic E-state index is 12.6. The van der Waals surface area contributed by atoms with E-state index < -0.39 is 0 Å². The van der Waals surface area contributed by atoms with Crippen molar-refractivity contribution in [2.24, 2.45) is 0 Å². The fraction of sp³-hybridized carbons (Fsp3) is 0.368. The highest BCUT2D eigenvalue weighted by molar-refractivity contribution is 6.33. The second-order valence-electron chi connectivity index (χ2n) is 6.51. The van der Waals surface area contributed by atoms with Gasteiger partial charge < -0.3 is 4.90 Å². The lowest BCUT2D eigenvalue weighted by atomic mass is 10.1. The first-order chi connectivity index (χ1) is 11.7. The van der Waals surface area contributed by atoms with Gasteiger partial charge in [0.05, 0.1) is 10.6 Å². The van der Waals surface area contributed by atoms with Gasteiger partial charge in [0.2, 0.25) is 0 Å². The van der Waals surface area contributed by atoms with Gasteiger partial charge in [-0.05, 0) is 30.0 Å². The van der Waals surface area contributed by atoms with E-state index >= 15 is 0 Å². The number of amides is 1. The summed E-state index contributed by atoms with van der Waals surface area (Å²) in [6.07, 6.45) is 5.40. The maximum atomic E-state index is 12.6. The molecule has 1 aliphatic carbocycles. The Bertz CT molecular complexity index is 731. The van der Waals surface area contributed by atoms with Crippen LogP contribution in [0.2, 0.25) is 5.02 Å². The van der Waals surface area contributed by atoms with Crippen LogP contribution in [0, 0.1) is 0 Å². The second-order valence-corrected chi connectivity index (χ2v) is 6.92. The zero-order valence-corrected chi connectivity index (χ0v) is 14.2. The van der Waals surface area contributed by atoms with Gasteiger partial charge in [-0.25, -0.2) is 0 Å². The average molecular weight is 342 g/mol. The van der Waals surface area contributed by atoms with E-state index in [1.807, 2.05) is 4.90 Å². The summed E-state index contributed by atoms with van der Waals surface area (Å²) in [5.41, 5.74) is 3.50. The molecule has 1 amide bonds. The molecule has 0 saturated carbocycles. The van der Waals surface area contributed by atoms with Crippen molar-refractivity contribution in [3.8, 4) is 0 Å². The average Bonchev–Trinajstić information content (AvgIpc) is 3.06. The van der Waals surface area contributed by atoms with Crippen molar-refractivity contribution >= 4 is 17.5 Å². The van der Waals surface area contributed by atoms with Crippen LogP contribution in [0.1, 0.15) is 21.5 Å². The molecule has 0 N–H and O–H groups in total. The van der Waals surface area contributed by atoms with Crippen LogP contribution >= 0.6 is 11.6 Å². The van der Waals surface area contributed by atoms with Gasteiger partial charge >= 0.3 is 0 Å². The van der Waals surface area contributed by atoms with Crippen LogP contribution in [0.5, 0.6) is 0 Å². The van der Waals surface area contributed by atoms with Gasteiger partial charge in [0, 0.05) is 44.6 Å². The van der Waals surface area contributed by atoms with Gasteiger partial charge in [0.25, 0.3) is 5.91 Å². The first-order valence-corrected chi connectivity index (χ1v) is 8.80. The number of nitrogens with zero attached hydrogens (tertiary/aromatic N) is 3. The second kappa shape index (κ2) is 6.54. The van der Waals surface area contributed by atoms with E-state index in [4.69, 9.17) is 11.6 Å². The van der Waals surface area contributed by atoms with E-state index in [-0.39, 0.29) is 5.91 Å². The lowest BCUT2D eigenvalue weighted by molar-refractivity contribution is 0.0576. The highest BCUT2D eigenvalue weighted by atomic mass is 35.5. The fourth-order valence-corrected chi connectivity index (χ4v) is 4.00. The summed E-state index contributed by atoms with van der Waals surface area (Å²) in [6, 6.07) is 11.0. The number of hydrogen-bond acceptors (Lipinski definition) is 3. The van der Waals surface area contributed by atoms with E-state index in [1.165, 1.54) is 17.3 Å². The number of carbonyl (C=O) groups is 1. The molecule has 5 heteroatoms. The fourth-order valence-electron chi connectivity index (χ4n) is 3.80. The van der Waals surface area contributed by atoms with Gasteiger partial charge in [-0.2, -0.15) is 0 Å². The minimum Gasteiger partial charge on any atom is -0.336 e. The number of hydrogen-bond donors (Lipinski definition) is 0. The van der Waals surface area contributed by atoms with Crippen LogP contribution in [-0.2, 0) is 12.8 Å². The summed E-state index contributed by atoms with van der Waals surface area (Å²) in [5, 5.41) is 0.427. The zero-order chi connectivity index (χ0) is 16.5. The molecule has 1 saturated heterocycles. The molecule has 1 aromatic heterocycles. The molecule has 24 heavy (non-hydrogen) atoms. The summed E-state index contributed by atoms with van der Waals surface area (Å²) in [6.45, 7) is 3.36. The topological polar surface area (TPSA) is 36.4 Å². The summed E-state index contributed by atoms with van der Waals surface area (Å²) in [4.78, 5) is 21.0. The molecule has 1 fully saturated rings. The Hall–Kier alpha value is -1.91. The van der Waals surface area contributed by atoms with Crippen molar-refractivity contribution in [1.29, 1.82) is 0 Å². The van der Waals surface area contributed by atoms with E-state index in [0.29, 0.717) is 16.6 Å². The molecule has 1 aromatic carbocycles. The van der Waals surface area contributed by atoms with Crippen molar-refractivity contribution in [2.75, 3.05) is 26.2 Å². The molecule has 0 spiro atoms. The van der Waals surface area contributed by atoms with Crippen LogP contribution in [0.15, 0.2) is 42.7 Å². The maximum Gasteiger partial charge on any atom is 0.255 e. The SMILES string of the molecule is O=C(c1ccncc1Cl)N1CCN(C2Cc3ccccc3C2)CC1. The first-order valence-electron chi connectivity index (χ1n) is 8.42. The van der Waals surface area contributed by atoms with Crippen molar-refractivity contribution in [2.45, 2.75) is 18.9 Å². The Morgan fingerprint density at radius 3 is 2.33 bits per heavy atom. The van der Waals surface area contributed by atoms with Gasteiger partial charge in [0.15, 0.2) is 0 Å². The predicted molar refractivity (Wildman–Crippen MR) is 94.4 cm³/mol. The molecule has 0 unspecified atom stereocenters. The summed E-state index contributed by atoms with van der Waals surface area (Å²) < 4.78 is 0. The monoisotopic (exact) mass is 341 g/mol. The van der Waals surface area contributed by atoms with E-state index in [9.17, 15) is 4.79 Å². The van der Waals surface area contributed by atoms with E-state index in [0.717, 1.165) is 39.0 Å². The van der Waals surface area contributed by atoms with Gasteiger partial charge in [-0.15, -0.1) is 0 Å². The summed E-state index contributed by atoms with van der Waals surface area (Å²) in [7, 11) is 0. The molecule has 0 atom stereocenters. The summed E-state index contributed by atoms with van der Waals surface area (Å²) >= 11 is 6.10. The van der Waals surface area contributed by atoms with Crippen LogP contribution < -0.4 is 0 Å². The number of aromatic nitrogens is 1. The molecular formula is C19H20ClN3O. The smallest absolute Gasteiger partial charge is 0.255 e. The molecule has 124 valence electrons. The Morgan fingerprint density at radius 1 is 1.04 bits per heavy atom. The molecule has 0 radical (unpaired) electrons. The molecule has 4 nitrogen and oxygen atoms in total. The number of fused-ring (bicyclic) bond motifs is 1. The molecule has 2 aliphatic rings. The van der Waals surface area contributed by atoms with E-state index in [2.05, 4.69) is 34.1 Å². The Balaban J connectivity index is 1.38. The van der Waals surface area contributed by atoms with Crippen molar-refractivity contribution in [3.05, 3.63) is 64.4 Å². The molecule has 1 aliphatic heterocycles. The van der Waals surface area contributed by atoms with E-state index in [1.54, 1.807) is 12.3 Å². The van der Waals surface area contributed by atoms with Gasteiger partial charge in [-0.3, -0.25) is 14.7 Å². The first kappa shape index (κ1) is 15.6. The van der Waals surface area contributed by atoms with Crippen molar-refractivity contribution in [1.82, 2.24) is 14.8 Å². The molecule has 4 rings (SSSR count). The largest absolute Gasteiger partial charge is 0.336 e. The van der Waals surface area contributed by atoms with Crippen LogP contribution in [0.25, 0.3) is 0 Å². The number of carbonyl (C=O) groups excluding carboxylic acids is 1. The van der Waals surface area contributed by atoms with Gasteiger partial charge in [-0.1, -0.05) is 35.9 Å². The molecule has 2 heterocycles. The Labute approximate surface area is 147 Å². The third-order valence-electron chi connectivity index (χ3n) is 5.15. The standard InChI is InChI=1S/C19H20ClN3O/c20-18-13-21-6-5-17(18)19(24)23-9-7-22(8-10-23)16-11-14-3-1-2-4-15(14)12-16/h1-6,13,16H,7-12H2. The third kappa shape index (κ3) is 2.92. The highest BCUT2D eigenvalue weighted by Crippen LogP contribution is 2.26.